The van der Waals surface area contributed by atoms with Gasteiger partial charge in [-0.3, -0.25) is 4.99 Å². The molecule has 21 heavy (non-hydrogen) atoms. The normalized spacial score (nSPS) is 11.6. The zero-order valence-electron chi connectivity index (χ0n) is 12.6. The van der Waals surface area contributed by atoms with E-state index in [1.54, 1.807) is 24.6 Å². The Morgan fingerprint density at radius 1 is 1.33 bits per heavy atom. The first-order valence-corrected chi connectivity index (χ1v) is 8.10. The monoisotopic (exact) mass is 306 g/mol. The van der Waals surface area contributed by atoms with Gasteiger partial charge < -0.3 is 15.1 Å². The Balaban J connectivity index is 1.65. The summed E-state index contributed by atoms with van der Waals surface area (Å²) in [5.74, 6) is 1.79. The van der Waals surface area contributed by atoms with E-state index >= 15 is 0 Å². The third-order valence-electron chi connectivity index (χ3n) is 3.04. The van der Waals surface area contributed by atoms with E-state index < -0.39 is 0 Å². The Kier molecular flexibility index (Phi) is 6.27. The molecule has 2 heterocycles. The summed E-state index contributed by atoms with van der Waals surface area (Å²) < 4.78 is 5.29. The quantitative estimate of drug-likeness (QED) is 0.608. The predicted octanol–water partition coefficient (Wildman–Crippen LogP) is 2.25. The summed E-state index contributed by atoms with van der Waals surface area (Å²) in [7, 11) is 1.78. The second-order valence-corrected chi connectivity index (χ2v) is 5.53. The molecule has 2 N–H and O–H groups in total. The lowest BCUT2D eigenvalue weighted by Gasteiger charge is -2.10. The molecule has 0 radical (unpaired) electrons. The molecule has 5 nitrogen and oxygen atoms in total. The predicted molar refractivity (Wildman–Crippen MR) is 87.0 cm³/mol. The Labute approximate surface area is 129 Å². The molecule has 0 aliphatic carbocycles. The van der Waals surface area contributed by atoms with Crippen molar-refractivity contribution in [2.45, 2.75) is 26.2 Å². The fourth-order valence-electron chi connectivity index (χ4n) is 1.91. The van der Waals surface area contributed by atoms with Crippen molar-refractivity contribution in [1.82, 2.24) is 15.6 Å². The number of rotatable bonds is 7. The highest BCUT2D eigenvalue weighted by molar-refractivity contribution is 7.09. The summed E-state index contributed by atoms with van der Waals surface area (Å²) in [4.78, 5) is 8.76. The lowest BCUT2D eigenvalue weighted by Crippen LogP contribution is -2.39. The highest BCUT2D eigenvalue weighted by Crippen LogP contribution is 2.10. The van der Waals surface area contributed by atoms with Gasteiger partial charge in [-0.05, 0) is 18.6 Å². The molecule has 0 atom stereocenters. The molecule has 0 aliphatic rings. The van der Waals surface area contributed by atoms with Crippen LogP contribution in [0.5, 0.6) is 0 Å². The Morgan fingerprint density at radius 3 is 2.76 bits per heavy atom. The van der Waals surface area contributed by atoms with E-state index in [1.165, 1.54) is 5.01 Å². The fraction of sp³-hybridized carbons (Fsp3) is 0.467. The van der Waals surface area contributed by atoms with Gasteiger partial charge in [-0.15, -0.1) is 11.3 Å². The third kappa shape index (κ3) is 5.23. The van der Waals surface area contributed by atoms with E-state index in [-0.39, 0.29) is 0 Å². The van der Waals surface area contributed by atoms with Gasteiger partial charge in [0.1, 0.15) is 5.76 Å². The highest BCUT2D eigenvalue weighted by Gasteiger charge is 2.02. The summed E-state index contributed by atoms with van der Waals surface area (Å²) in [5, 5.41) is 9.90. The van der Waals surface area contributed by atoms with Crippen LogP contribution in [0.15, 0.2) is 33.2 Å². The Bertz CT molecular complexity index is 548. The second kappa shape index (κ2) is 8.46. The average Bonchev–Trinajstić information content (AvgIpc) is 3.17. The minimum Gasteiger partial charge on any atom is -0.469 e. The van der Waals surface area contributed by atoms with Crippen LogP contribution in [-0.2, 0) is 19.3 Å². The molecule has 0 aromatic carbocycles. The number of guanidine groups is 1. The molecule has 0 amide bonds. The van der Waals surface area contributed by atoms with Crippen LogP contribution in [0.4, 0.5) is 0 Å². The average molecular weight is 306 g/mol. The van der Waals surface area contributed by atoms with E-state index in [1.807, 2.05) is 12.1 Å². The molecule has 6 heteroatoms. The summed E-state index contributed by atoms with van der Waals surface area (Å²) in [6, 6.07) is 3.88. The number of hydrogen-bond acceptors (Lipinski definition) is 4. The first kappa shape index (κ1) is 15.6. The molecule has 0 saturated carbocycles. The zero-order valence-corrected chi connectivity index (χ0v) is 13.4. The first-order chi connectivity index (χ1) is 10.3. The molecule has 0 bridgehead atoms. The lowest BCUT2D eigenvalue weighted by molar-refractivity contribution is 0.507. The molecule has 2 rings (SSSR count). The second-order valence-electron chi connectivity index (χ2n) is 4.59. The maximum atomic E-state index is 5.29. The SMILES string of the molecule is CCc1nc(CCNC(=NC)NCCc2ccco2)cs1. The number of nitrogens with zero attached hydrogens (tertiary/aromatic N) is 2. The van der Waals surface area contributed by atoms with Crippen LogP contribution in [0.25, 0.3) is 0 Å². The molecular formula is C15H22N4OS. The van der Waals surface area contributed by atoms with Crippen LogP contribution in [0.1, 0.15) is 23.4 Å². The number of aromatic nitrogens is 1. The van der Waals surface area contributed by atoms with Gasteiger partial charge in [-0.25, -0.2) is 4.98 Å². The molecule has 0 saturated heterocycles. The van der Waals surface area contributed by atoms with E-state index in [0.717, 1.165) is 49.8 Å². The molecule has 114 valence electrons. The van der Waals surface area contributed by atoms with Crippen molar-refractivity contribution in [1.29, 1.82) is 0 Å². The minimum atomic E-state index is 0.796. The topological polar surface area (TPSA) is 62.5 Å². The van der Waals surface area contributed by atoms with Crippen molar-refractivity contribution in [3.05, 3.63) is 40.2 Å². The number of aliphatic imine (C=N–C) groups is 1. The van der Waals surface area contributed by atoms with Crippen molar-refractivity contribution in [2.24, 2.45) is 4.99 Å². The third-order valence-corrected chi connectivity index (χ3v) is 4.08. The smallest absolute Gasteiger partial charge is 0.191 e. The van der Waals surface area contributed by atoms with Crippen LogP contribution in [0.3, 0.4) is 0 Å². The fourth-order valence-corrected chi connectivity index (χ4v) is 2.69. The molecule has 0 aliphatic heterocycles. The molecule has 0 spiro atoms. The number of furan rings is 1. The standard InChI is InChI=1S/C15H22N4OS/c1-3-14-19-12(11-21-14)6-8-17-15(16-2)18-9-7-13-5-4-10-20-13/h4-5,10-11H,3,6-9H2,1-2H3,(H2,16,17,18). The van der Waals surface area contributed by atoms with E-state index in [4.69, 9.17) is 4.42 Å². The van der Waals surface area contributed by atoms with Crippen molar-refractivity contribution in [2.75, 3.05) is 20.1 Å². The number of nitrogens with one attached hydrogen (secondary N) is 2. The molecule has 2 aromatic heterocycles. The van der Waals surface area contributed by atoms with Crippen LogP contribution >= 0.6 is 11.3 Å². The van der Waals surface area contributed by atoms with Crippen molar-refractivity contribution >= 4 is 17.3 Å². The Hall–Kier alpha value is -1.82. The summed E-state index contributed by atoms with van der Waals surface area (Å²) in [5.41, 5.74) is 1.15. The maximum Gasteiger partial charge on any atom is 0.191 e. The number of aryl methyl sites for hydroxylation is 1. The summed E-state index contributed by atoms with van der Waals surface area (Å²) in [6.07, 6.45) is 4.46. The van der Waals surface area contributed by atoms with Gasteiger partial charge in [0, 0.05) is 38.4 Å². The summed E-state index contributed by atoms with van der Waals surface area (Å²) >= 11 is 1.73. The highest BCUT2D eigenvalue weighted by atomic mass is 32.1. The number of thiazole rings is 1. The van der Waals surface area contributed by atoms with Gasteiger partial charge in [-0.1, -0.05) is 6.92 Å². The van der Waals surface area contributed by atoms with Crippen molar-refractivity contribution in [3.8, 4) is 0 Å². The molecule has 2 aromatic rings. The van der Waals surface area contributed by atoms with E-state index in [0.29, 0.717) is 0 Å². The van der Waals surface area contributed by atoms with E-state index in [2.05, 4.69) is 32.9 Å². The zero-order chi connectivity index (χ0) is 14.9. The van der Waals surface area contributed by atoms with E-state index in [9.17, 15) is 0 Å². The Morgan fingerprint density at radius 2 is 2.14 bits per heavy atom. The largest absolute Gasteiger partial charge is 0.469 e. The van der Waals surface area contributed by atoms with Gasteiger partial charge in [0.05, 0.1) is 17.0 Å². The minimum absolute atomic E-state index is 0.796. The molecule has 0 fully saturated rings. The molecule has 0 unspecified atom stereocenters. The van der Waals surface area contributed by atoms with Gasteiger partial charge in [0.15, 0.2) is 5.96 Å². The summed E-state index contributed by atoms with van der Waals surface area (Å²) in [6.45, 7) is 3.75. The van der Waals surface area contributed by atoms with Gasteiger partial charge in [-0.2, -0.15) is 0 Å². The first-order valence-electron chi connectivity index (χ1n) is 7.22. The van der Waals surface area contributed by atoms with Crippen molar-refractivity contribution < 1.29 is 4.42 Å². The van der Waals surface area contributed by atoms with Crippen LogP contribution in [0, 0.1) is 0 Å². The van der Waals surface area contributed by atoms with Crippen LogP contribution in [0.2, 0.25) is 0 Å². The van der Waals surface area contributed by atoms with Crippen LogP contribution in [-0.4, -0.2) is 31.1 Å². The lowest BCUT2D eigenvalue weighted by atomic mass is 10.3. The van der Waals surface area contributed by atoms with Crippen LogP contribution < -0.4 is 10.6 Å². The van der Waals surface area contributed by atoms with Gasteiger partial charge >= 0.3 is 0 Å². The van der Waals surface area contributed by atoms with Gasteiger partial charge in [0.25, 0.3) is 0 Å². The number of hydrogen-bond donors (Lipinski definition) is 2. The maximum absolute atomic E-state index is 5.29. The molecular weight excluding hydrogens is 284 g/mol. The van der Waals surface area contributed by atoms with Gasteiger partial charge in [0.2, 0.25) is 0 Å². The van der Waals surface area contributed by atoms with Crippen molar-refractivity contribution in [3.63, 3.8) is 0 Å².